The normalized spacial score (nSPS) is 16.2. The molecule has 0 radical (unpaired) electrons. The second-order valence-electron chi connectivity index (χ2n) is 7.67. The molecule has 11 nitrogen and oxygen atoms in total. The lowest BCUT2D eigenvalue weighted by molar-refractivity contribution is -0.110. The molecule has 3 aromatic rings. The fourth-order valence-corrected chi connectivity index (χ4v) is 5.68. The van der Waals surface area contributed by atoms with Gasteiger partial charge in [0.15, 0.2) is 17.5 Å². The molecule has 192 valence electrons. The average Bonchev–Trinajstić information content (AvgIpc) is 3.65. The van der Waals surface area contributed by atoms with Crippen molar-refractivity contribution in [2.75, 3.05) is 25.6 Å². The van der Waals surface area contributed by atoms with E-state index in [9.17, 15) is 13.2 Å². The van der Waals surface area contributed by atoms with Crippen molar-refractivity contribution in [2.24, 2.45) is 5.16 Å². The lowest BCUT2D eigenvalue weighted by Crippen LogP contribution is -2.31. The summed E-state index contributed by atoms with van der Waals surface area (Å²) in [5.74, 6) is -0.556. The van der Waals surface area contributed by atoms with Gasteiger partial charge in [0.1, 0.15) is 5.01 Å². The molecule has 0 aliphatic carbocycles. The van der Waals surface area contributed by atoms with E-state index in [2.05, 4.69) is 25.2 Å². The van der Waals surface area contributed by atoms with Crippen LogP contribution in [0.2, 0.25) is 0 Å². The quantitative estimate of drug-likeness (QED) is 0.259. The van der Waals surface area contributed by atoms with Gasteiger partial charge in [0.05, 0.1) is 22.5 Å². The van der Waals surface area contributed by atoms with Gasteiger partial charge in [-0.2, -0.15) is 0 Å². The summed E-state index contributed by atoms with van der Waals surface area (Å²) in [7, 11) is -2.16. The molecule has 36 heavy (non-hydrogen) atoms. The number of sulfonamides is 1. The summed E-state index contributed by atoms with van der Waals surface area (Å²) in [5.41, 5.74) is 0.338. The zero-order valence-electron chi connectivity index (χ0n) is 19.4. The number of amides is 1. The van der Waals surface area contributed by atoms with Gasteiger partial charge in [-0.3, -0.25) is 10.1 Å². The molecule has 4 rings (SSSR count). The first-order chi connectivity index (χ1) is 17.4. The fourth-order valence-electron chi connectivity index (χ4n) is 3.32. The first-order valence-corrected chi connectivity index (χ1v) is 14.2. The molecule has 2 aromatic heterocycles. The maximum Gasteiger partial charge on any atom is 0.280 e. The van der Waals surface area contributed by atoms with Crippen LogP contribution in [0.15, 0.2) is 52.1 Å². The van der Waals surface area contributed by atoms with Crippen LogP contribution in [0.3, 0.4) is 0 Å². The van der Waals surface area contributed by atoms with Crippen LogP contribution in [0.5, 0.6) is 0 Å². The van der Waals surface area contributed by atoms with Crippen LogP contribution in [0.25, 0.3) is 0 Å². The Balaban J connectivity index is 1.49. The second kappa shape index (κ2) is 12.5. The third kappa shape index (κ3) is 7.15. The molecule has 1 fully saturated rings. The number of carbonyl (C=O) groups excluding carboxylic acids is 1. The maximum absolute atomic E-state index is 13.1. The van der Waals surface area contributed by atoms with Crippen molar-refractivity contribution in [3.8, 4) is 0 Å². The van der Waals surface area contributed by atoms with Gasteiger partial charge >= 0.3 is 0 Å². The number of anilines is 1. The lowest BCUT2D eigenvalue weighted by atomic mass is 10.1. The van der Waals surface area contributed by atoms with Crippen molar-refractivity contribution in [1.29, 1.82) is 0 Å². The molecule has 1 aromatic carbocycles. The van der Waals surface area contributed by atoms with Crippen LogP contribution in [-0.2, 0) is 42.3 Å². The Morgan fingerprint density at radius 3 is 2.78 bits per heavy atom. The Kier molecular flexibility index (Phi) is 9.12. The van der Waals surface area contributed by atoms with Crippen LogP contribution in [0.1, 0.15) is 28.3 Å². The Morgan fingerprint density at radius 1 is 1.25 bits per heavy atom. The third-order valence-electron chi connectivity index (χ3n) is 5.07. The average molecular weight is 552 g/mol. The van der Waals surface area contributed by atoms with Crippen LogP contribution < -0.4 is 10.0 Å². The third-order valence-corrected chi connectivity index (χ3v) is 8.14. The predicted molar refractivity (Wildman–Crippen MR) is 136 cm³/mol. The molecule has 0 unspecified atom stereocenters. The highest BCUT2D eigenvalue weighted by Crippen LogP contribution is 2.20. The summed E-state index contributed by atoms with van der Waals surface area (Å²) >= 11 is 2.67. The number of nitrogens with zero attached hydrogens (tertiary/aromatic N) is 3. The maximum atomic E-state index is 13.1. The number of oxime groups is 1. The molecule has 14 heteroatoms. The first-order valence-electron chi connectivity index (χ1n) is 11.0. The van der Waals surface area contributed by atoms with E-state index in [4.69, 9.17) is 14.3 Å². The smallest absolute Gasteiger partial charge is 0.280 e. The van der Waals surface area contributed by atoms with Gasteiger partial charge in [-0.1, -0.05) is 28.6 Å². The number of hydrogen-bond donors (Lipinski definition) is 2. The molecular weight excluding hydrogens is 526 g/mol. The monoisotopic (exact) mass is 551 g/mol. The number of nitrogens with one attached hydrogen (secondary N) is 2. The van der Waals surface area contributed by atoms with Crippen molar-refractivity contribution < 1.29 is 27.5 Å². The Labute approximate surface area is 216 Å². The van der Waals surface area contributed by atoms with E-state index in [1.807, 2.05) is 5.38 Å². The second-order valence-corrected chi connectivity index (χ2v) is 11.5. The van der Waals surface area contributed by atoms with E-state index < -0.39 is 15.9 Å². The largest absolute Gasteiger partial charge is 0.388 e. The highest BCUT2D eigenvalue weighted by Gasteiger charge is 2.22. The number of aromatic nitrogens is 2. The lowest BCUT2D eigenvalue weighted by Gasteiger charge is -2.12. The van der Waals surface area contributed by atoms with E-state index in [0.29, 0.717) is 28.9 Å². The van der Waals surface area contributed by atoms with Crippen molar-refractivity contribution in [3.63, 3.8) is 0 Å². The number of rotatable bonds is 12. The minimum absolute atomic E-state index is 0.0358. The van der Waals surface area contributed by atoms with Crippen LogP contribution >= 0.6 is 22.7 Å². The molecule has 0 saturated carbocycles. The van der Waals surface area contributed by atoms with E-state index in [1.165, 1.54) is 46.9 Å². The molecule has 3 heterocycles. The van der Waals surface area contributed by atoms with Gasteiger partial charge in [-0.25, -0.2) is 23.1 Å². The Morgan fingerprint density at radius 2 is 2.08 bits per heavy atom. The topological polar surface area (TPSA) is 141 Å². The number of benzene rings is 1. The summed E-state index contributed by atoms with van der Waals surface area (Å²) in [6.45, 7) is 1.32. The molecule has 0 bridgehead atoms. The van der Waals surface area contributed by atoms with Gasteiger partial charge in [-0.15, -0.1) is 11.3 Å². The standard InChI is InChI=1S/C22H25N5O6S3/c1-31-13-17-12-24-22(35-17)26-21(28)20(27-33-14-19-23-8-10-34-19)15-4-6-18(7-5-15)36(29,30)25-11-16-3-2-9-32-16/h4-8,10,12,16,25H,2-3,9,11,13-14H2,1H3,(H,24,26,28)/b27-20+/t16-/m1/s1. The predicted octanol–water partition coefficient (Wildman–Crippen LogP) is 2.76. The molecule has 1 atom stereocenters. The highest BCUT2D eigenvalue weighted by atomic mass is 32.2. The molecule has 1 amide bonds. The summed E-state index contributed by atoms with van der Waals surface area (Å²) in [6, 6.07) is 5.84. The number of hydrogen-bond acceptors (Lipinski definition) is 11. The van der Waals surface area contributed by atoms with Gasteiger partial charge in [0, 0.05) is 43.6 Å². The highest BCUT2D eigenvalue weighted by molar-refractivity contribution is 7.89. The van der Waals surface area contributed by atoms with Gasteiger partial charge in [0.2, 0.25) is 10.0 Å². The zero-order chi connectivity index (χ0) is 25.4. The number of carbonyl (C=O) groups is 1. The SMILES string of the molecule is COCc1cnc(NC(=O)/C(=N/OCc2nccs2)c2ccc(S(=O)(=O)NC[C@H]3CCCO3)cc2)s1. The molecule has 0 spiro atoms. The summed E-state index contributed by atoms with van der Waals surface area (Å²) < 4.78 is 38.5. The molecule has 1 aliphatic heterocycles. The van der Waals surface area contributed by atoms with Crippen molar-refractivity contribution in [1.82, 2.24) is 14.7 Å². The van der Waals surface area contributed by atoms with Crippen molar-refractivity contribution in [3.05, 3.63) is 57.5 Å². The molecular formula is C22H25N5O6S3. The van der Waals surface area contributed by atoms with E-state index in [-0.39, 0.29) is 29.9 Å². The van der Waals surface area contributed by atoms with Crippen LogP contribution in [0, 0.1) is 0 Å². The summed E-state index contributed by atoms with van der Waals surface area (Å²) in [6.07, 6.45) is 4.88. The van der Waals surface area contributed by atoms with Gasteiger partial charge < -0.3 is 14.3 Å². The number of thiazole rings is 2. The van der Waals surface area contributed by atoms with Crippen molar-refractivity contribution >= 4 is 49.4 Å². The van der Waals surface area contributed by atoms with E-state index >= 15 is 0 Å². The van der Waals surface area contributed by atoms with E-state index in [1.54, 1.807) is 19.5 Å². The fraction of sp³-hybridized carbons (Fsp3) is 0.364. The number of ether oxygens (including phenoxy) is 2. The zero-order valence-corrected chi connectivity index (χ0v) is 21.8. The minimum Gasteiger partial charge on any atom is -0.388 e. The summed E-state index contributed by atoms with van der Waals surface area (Å²) in [4.78, 5) is 27.7. The summed E-state index contributed by atoms with van der Waals surface area (Å²) in [5, 5.41) is 9.61. The Bertz CT molecular complexity index is 1270. The molecule has 1 aliphatic rings. The van der Waals surface area contributed by atoms with E-state index in [0.717, 1.165) is 17.7 Å². The number of methoxy groups -OCH3 is 1. The van der Waals surface area contributed by atoms with Crippen molar-refractivity contribution in [2.45, 2.75) is 37.1 Å². The molecule has 2 N–H and O–H groups in total. The first kappa shape index (κ1) is 26.3. The molecule has 1 saturated heterocycles. The van der Waals surface area contributed by atoms with Crippen LogP contribution in [-0.4, -0.2) is 56.4 Å². The van der Waals surface area contributed by atoms with Crippen LogP contribution in [0.4, 0.5) is 5.13 Å². The van der Waals surface area contributed by atoms with Gasteiger partial charge in [-0.05, 0) is 25.0 Å². The minimum atomic E-state index is -3.74. The Hall–Kier alpha value is -2.75. The van der Waals surface area contributed by atoms with Gasteiger partial charge in [0.25, 0.3) is 5.91 Å².